The van der Waals surface area contributed by atoms with Gasteiger partial charge in [-0.1, -0.05) is 23.7 Å². The third-order valence-corrected chi connectivity index (χ3v) is 3.55. The fraction of sp³-hybridized carbons (Fsp3) is 0.417. The first-order valence-electron chi connectivity index (χ1n) is 5.91. The number of halogens is 1. The molecule has 3 heterocycles. The van der Waals surface area contributed by atoms with Crippen molar-refractivity contribution in [2.24, 2.45) is 5.92 Å². The van der Waals surface area contributed by atoms with E-state index in [0.717, 1.165) is 13.1 Å². The molecule has 94 valence electrons. The number of hydrogen-bond donors (Lipinski definition) is 1. The van der Waals surface area contributed by atoms with E-state index in [1.807, 2.05) is 0 Å². The Hall–Kier alpha value is -1.46. The van der Waals surface area contributed by atoms with Gasteiger partial charge in [0.05, 0.1) is 10.9 Å². The lowest BCUT2D eigenvalue weighted by molar-refractivity contribution is 0.340. The largest absolute Gasteiger partial charge is 0.339 e. The van der Waals surface area contributed by atoms with Crippen LogP contribution in [0.15, 0.2) is 22.9 Å². The molecule has 2 atom stereocenters. The Morgan fingerprint density at radius 1 is 1.44 bits per heavy atom. The molecule has 0 saturated carbocycles. The van der Waals surface area contributed by atoms with E-state index in [1.54, 1.807) is 18.3 Å². The number of aromatic nitrogens is 3. The van der Waals surface area contributed by atoms with Gasteiger partial charge in [-0.05, 0) is 24.6 Å². The molecular weight excluding hydrogens is 252 g/mol. The van der Waals surface area contributed by atoms with E-state index in [0.29, 0.717) is 28.3 Å². The molecule has 2 unspecified atom stereocenters. The molecular formula is C12H13ClN4O. The lowest BCUT2D eigenvalue weighted by Crippen LogP contribution is -2.08. The Labute approximate surface area is 110 Å². The monoisotopic (exact) mass is 264 g/mol. The van der Waals surface area contributed by atoms with Gasteiger partial charge in [0.1, 0.15) is 5.69 Å². The van der Waals surface area contributed by atoms with Gasteiger partial charge in [-0.15, -0.1) is 0 Å². The third kappa shape index (κ3) is 2.00. The van der Waals surface area contributed by atoms with Gasteiger partial charge in [0.25, 0.3) is 0 Å². The second-order valence-corrected chi connectivity index (χ2v) is 4.94. The summed E-state index contributed by atoms with van der Waals surface area (Å²) in [5.74, 6) is 1.88. The van der Waals surface area contributed by atoms with Crippen molar-refractivity contribution in [1.29, 1.82) is 0 Å². The summed E-state index contributed by atoms with van der Waals surface area (Å²) in [6.07, 6.45) is 1.66. The van der Waals surface area contributed by atoms with E-state index < -0.39 is 0 Å². The second kappa shape index (κ2) is 4.66. The highest BCUT2D eigenvalue weighted by Crippen LogP contribution is 2.29. The zero-order valence-electron chi connectivity index (χ0n) is 9.93. The van der Waals surface area contributed by atoms with Gasteiger partial charge >= 0.3 is 0 Å². The zero-order chi connectivity index (χ0) is 12.5. The van der Waals surface area contributed by atoms with Crippen molar-refractivity contribution < 1.29 is 4.52 Å². The van der Waals surface area contributed by atoms with Gasteiger partial charge in [-0.25, -0.2) is 0 Å². The normalized spacial score (nSPS) is 23.4. The molecule has 2 aromatic heterocycles. The summed E-state index contributed by atoms with van der Waals surface area (Å²) < 4.78 is 5.33. The average Bonchev–Trinajstić information content (AvgIpc) is 2.98. The molecule has 1 aliphatic rings. The number of rotatable bonds is 2. The maximum absolute atomic E-state index is 6.06. The van der Waals surface area contributed by atoms with Crippen LogP contribution in [-0.4, -0.2) is 28.2 Å². The molecule has 18 heavy (non-hydrogen) atoms. The molecule has 1 N–H and O–H groups in total. The lowest BCUT2D eigenvalue weighted by atomic mass is 9.98. The standard InChI is InChI=1S/C12H13ClN4O/c1-7-5-14-6-8(7)12-16-11(17-18-12)10-9(13)3-2-4-15-10/h2-4,7-8,14H,5-6H2,1H3. The van der Waals surface area contributed by atoms with Gasteiger partial charge in [-0.2, -0.15) is 4.98 Å². The maximum Gasteiger partial charge on any atom is 0.231 e. The van der Waals surface area contributed by atoms with E-state index in [2.05, 4.69) is 27.4 Å². The van der Waals surface area contributed by atoms with Crippen LogP contribution in [0.4, 0.5) is 0 Å². The molecule has 0 radical (unpaired) electrons. The zero-order valence-corrected chi connectivity index (χ0v) is 10.7. The summed E-state index contributed by atoms with van der Waals surface area (Å²) in [6.45, 7) is 4.02. The molecule has 0 amide bonds. The van der Waals surface area contributed by atoms with Crippen LogP contribution in [0.2, 0.25) is 5.02 Å². The highest BCUT2D eigenvalue weighted by Gasteiger charge is 2.30. The summed E-state index contributed by atoms with van der Waals surface area (Å²) in [4.78, 5) is 8.58. The van der Waals surface area contributed by atoms with Gasteiger partial charge in [-0.3, -0.25) is 4.98 Å². The quantitative estimate of drug-likeness (QED) is 0.900. The maximum atomic E-state index is 6.06. The summed E-state index contributed by atoms with van der Waals surface area (Å²) in [7, 11) is 0. The van der Waals surface area contributed by atoms with Crippen molar-refractivity contribution >= 4 is 11.6 Å². The fourth-order valence-electron chi connectivity index (χ4n) is 2.17. The highest BCUT2D eigenvalue weighted by molar-refractivity contribution is 6.32. The molecule has 6 heteroatoms. The Morgan fingerprint density at radius 3 is 3.06 bits per heavy atom. The van der Waals surface area contributed by atoms with Crippen LogP contribution in [0.3, 0.4) is 0 Å². The third-order valence-electron chi connectivity index (χ3n) is 3.25. The van der Waals surface area contributed by atoms with Crippen LogP contribution in [0.5, 0.6) is 0 Å². The molecule has 0 aliphatic carbocycles. The molecule has 0 aromatic carbocycles. The molecule has 5 nitrogen and oxygen atoms in total. The van der Waals surface area contributed by atoms with Crippen molar-refractivity contribution in [1.82, 2.24) is 20.4 Å². The summed E-state index contributed by atoms with van der Waals surface area (Å²) in [5, 5.41) is 7.81. The van der Waals surface area contributed by atoms with Gasteiger partial charge in [0, 0.05) is 12.7 Å². The average molecular weight is 265 g/mol. The van der Waals surface area contributed by atoms with Crippen LogP contribution >= 0.6 is 11.6 Å². The Morgan fingerprint density at radius 2 is 2.33 bits per heavy atom. The SMILES string of the molecule is CC1CNCC1c1nc(-c2ncccc2Cl)no1. The number of hydrogen-bond acceptors (Lipinski definition) is 5. The minimum atomic E-state index is 0.272. The van der Waals surface area contributed by atoms with Crippen molar-refractivity contribution in [2.45, 2.75) is 12.8 Å². The first-order valence-corrected chi connectivity index (χ1v) is 6.28. The Balaban J connectivity index is 1.92. The van der Waals surface area contributed by atoms with Crippen molar-refractivity contribution in [3.8, 4) is 11.5 Å². The van der Waals surface area contributed by atoms with Crippen molar-refractivity contribution in [3.05, 3.63) is 29.2 Å². The highest BCUT2D eigenvalue weighted by atomic mass is 35.5. The van der Waals surface area contributed by atoms with Crippen LogP contribution in [-0.2, 0) is 0 Å². The van der Waals surface area contributed by atoms with Crippen LogP contribution < -0.4 is 5.32 Å². The van der Waals surface area contributed by atoms with E-state index >= 15 is 0 Å². The van der Waals surface area contributed by atoms with Crippen molar-refractivity contribution in [2.75, 3.05) is 13.1 Å². The second-order valence-electron chi connectivity index (χ2n) is 4.53. The molecule has 0 spiro atoms. The van der Waals surface area contributed by atoms with E-state index in [9.17, 15) is 0 Å². The minimum Gasteiger partial charge on any atom is -0.339 e. The Bertz CT molecular complexity index is 557. The van der Waals surface area contributed by atoms with Crippen LogP contribution in [0.1, 0.15) is 18.7 Å². The fourth-order valence-corrected chi connectivity index (χ4v) is 2.38. The van der Waals surface area contributed by atoms with E-state index in [-0.39, 0.29) is 5.92 Å². The van der Waals surface area contributed by atoms with Crippen molar-refractivity contribution in [3.63, 3.8) is 0 Å². The summed E-state index contributed by atoms with van der Waals surface area (Å²) in [6, 6.07) is 3.54. The lowest BCUT2D eigenvalue weighted by Gasteiger charge is -2.07. The predicted octanol–water partition coefficient (Wildman–Crippen LogP) is 2.11. The first kappa shape index (κ1) is 11.6. The number of pyridine rings is 1. The van der Waals surface area contributed by atoms with Gasteiger partial charge in [0.15, 0.2) is 0 Å². The smallest absolute Gasteiger partial charge is 0.231 e. The van der Waals surface area contributed by atoms with E-state index in [1.165, 1.54) is 0 Å². The number of nitrogens with one attached hydrogen (secondary N) is 1. The van der Waals surface area contributed by atoms with Gasteiger partial charge in [0.2, 0.25) is 11.7 Å². The minimum absolute atomic E-state index is 0.272. The first-order chi connectivity index (χ1) is 8.75. The molecule has 1 saturated heterocycles. The topological polar surface area (TPSA) is 63.8 Å². The molecule has 3 rings (SSSR count). The Kier molecular flexibility index (Phi) is 3.01. The van der Waals surface area contributed by atoms with Crippen LogP contribution in [0.25, 0.3) is 11.5 Å². The molecule has 1 aliphatic heterocycles. The van der Waals surface area contributed by atoms with Crippen LogP contribution in [0, 0.1) is 5.92 Å². The molecule has 1 fully saturated rings. The summed E-state index contributed by atoms with van der Waals surface area (Å²) >= 11 is 6.06. The molecule has 2 aromatic rings. The molecule has 0 bridgehead atoms. The van der Waals surface area contributed by atoms with E-state index in [4.69, 9.17) is 16.1 Å². The van der Waals surface area contributed by atoms with Gasteiger partial charge < -0.3 is 9.84 Å². The summed E-state index contributed by atoms with van der Waals surface area (Å²) in [5.41, 5.74) is 0.563. The number of nitrogens with zero attached hydrogens (tertiary/aromatic N) is 3. The predicted molar refractivity (Wildman–Crippen MR) is 67.3 cm³/mol.